The van der Waals surface area contributed by atoms with E-state index in [0.717, 1.165) is 10.0 Å². The van der Waals surface area contributed by atoms with E-state index in [1.165, 1.54) is 0 Å². The smallest absolute Gasteiger partial charge is 0.192 e. The van der Waals surface area contributed by atoms with Crippen molar-refractivity contribution in [2.24, 2.45) is 0 Å². The van der Waals surface area contributed by atoms with Crippen molar-refractivity contribution < 1.29 is 9.16 Å². The first-order valence-corrected chi connectivity index (χ1v) is 11.6. The minimum atomic E-state index is -1.79. The molecule has 0 amide bonds. The minimum absolute atomic E-state index is 0.157. The molecular weight excluding hydrogens is 368 g/mol. The Balaban J connectivity index is 2.72. The van der Waals surface area contributed by atoms with E-state index in [2.05, 4.69) is 63.0 Å². The average molecular weight is 397 g/mol. The first-order valence-electron chi connectivity index (χ1n) is 7.90. The Kier molecular flexibility index (Phi) is 7.46. The summed E-state index contributed by atoms with van der Waals surface area (Å²) in [7, 11) is -1.79. The first kappa shape index (κ1) is 20.4. The Hall–Kier alpha value is -0.683. The van der Waals surface area contributed by atoms with Gasteiger partial charge in [0.2, 0.25) is 0 Å². The molecule has 0 spiro atoms. The Morgan fingerprint density at radius 3 is 2.13 bits per heavy atom. The molecule has 0 heterocycles. The number of hydrogen-bond donors (Lipinski definition) is 0. The van der Waals surface area contributed by atoms with Crippen molar-refractivity contribution in [3.63, 3.8) is 0 Å². The van der Waals surface area contributed by atoms with Gasteiger partial charge in [0.15, 0.2) is 8.32 Å². The van der Waals surface area contributed by atoms with Gasteiger partial charge in [-0.05, 0) is 35.8 Å². The molecule has 1 aromatic rings. The zero-order chi connectivity index (χ0) is 17.7. The van der Waals surface area contributed by atoms with E-state index < -0.39 is 8.32 Å². The lowest BCUT2D eigenvalue weighted by Crippen LogP contribution is -2.42. The van der Waals surface area contributed by atoms with Gasteiger partial charge in [0.05, 0.1) is 12.7 Å². The number of benzene rings is 1. The van der Waals surface area contributed by atoms with E-state index in [4.69, 9.17) is 9.16 Å². The lowest BCUT2D eigenvalue weighted by Gasteiger charge is -2.37. The van der Waals surface area contributed by atoms with Gasteiger partial charge in [-0.15, -0.1) is 13.2 Å². The van der Waals surface area contributed by atoms with Gasteiger partial charge in [-0.2, -0.15) is 0 Å². The molecule has 0 aliphatic rings. The molecule has 23 heavy (non-hydrogen) atoms. The molecule has 0 fully saturated rings. The van der Waals surface area contributed by atoms with Crippen LogP contribution in [0, 0.1) is 0 Å². The van der Waals surface area contributed by atoms with Gasteiger partial charge < -0.3 is 9.16 Å². The average Bonchev–Trinajstić information content (AvgIpc) is 2.47. The van der Waals surface area contributed by atoms with Gasteiger partial charge >= 0.3 is 0 Å². The van der Waals surface area contributed by atoms with E-state index in [9.17, 15) is 0 Å². The van der Waals surface area contributed by atoms with Gasteiger partial charge in [-0.1, -0.05) is 61.0 Å². The molecule has 1 rings (SSSR count). The fourth-order valence-electron chi connectivity index (χ4n) is 1.78. The van der Waals surface area contributed by atoms with E-state index in [-0.39, 0.29) is 17.2 Å². The zero-order valence-electron chi connectivity index (χ0n) is 14.9. The van der Waals surface area contributed by atoms with Crippen LogP contribution in [0.1, 0.15) is 32.4 Å². The third kappa shape index (κ3) is 6.03. The fraction of sp³-hybridized carbons (Fsp3) is 0.474. The van der Waals surface area contributed by atoms with E-state index in [1.807, 2.05) is 36.4 Å². The molecule has 0 saturated heterocycles. The van der Waals surface area contributed by atoms with Crippen LogP contribution in [0.2, 0.25) is 18.1 Å². The van der Waals surface area contributed by atoms with Crippen molar-refractivity contribution >= 4 is 24.2 Å². The number of hydrogen-bond acceptors (Lipinski definition) is 2. The van der Waals surface area contributed by atoms with Crippen LogP contribution in [0.25, 0.3) is 0 Å². The van der Waals surface area contributed by atoms with Crippen LogP contribution in [0.4, 0.5) is 0 Å². The molecule has 0 unspecified atom stereocenters. The lowest BCUT2D eigenvalue weighted by atomic mass is 10.1. The number of rotatable bonds is 8. The highest BCUT2D eigenvalue weighted by Crippen LogP contribution is 2.36. The quantitative estimate of drug-likeness (QED) is 0.380. The summed E-state index contributed by atoms with van der Waals surface area (Å²) in [6.07, 6.45) is 3.29. The molecule has 0 bridgehead atoms. The molecule has 0 saturated carbocycles. The molecule has 2 atom stereocenters. The van der Waals surface area contributed by atoms with Crippen LogP contribution >= 0.6 is 15.9 Å². The molecule has 0 radical (unpaired) electrons. The second-order valence-electron chi connectivity index (χ2n) is 7.19. The Morgan fingerprint density at radius 1 is 1.13 bits per heavy atom. The highest BCUT2D eigenvalue weighted by molar-refractivity contribution is 9.10. The van der Waals surface area contributed by atoms with E-state index in [1.54, 1.807) is 0 Å². The molecule has 0 aliphatic carbocycles. The van der Waals surface area contributed by atoms with E-state index in [0.29, 0.717) is 6.61 Å². The van der Waals surface area contributed by atoms with Crippen LogP contribution in [0.3, 0.4) is 0 Å². The second-order valence-corrected chi connectivity index (χ2v) is 12.9. The third-order valence-corrected chi connectivity index (χ3v) is 9.44. The Bertz CT molecular complexity index is 517. The zero-order valence-corrected chi connectivity index (χ0v) is 17.5. The summed E-state index contributed by atoms with van der Waals surface area (Å²) in [6, 6.07) is 8.07. The topological polar surface area (TPSA) is 18.5 Å². The monoisotopic (exact) mass is 396 g/mol. The third-order valence-electron chi connectivity index (χ3n) is 4.41. The Morgan fingerprint density at radius 2 is 1.70 bits per heavy atom. The summed E-state index contributed by atoms with van der Waals surface area (Å²) < 4.78 is 13.4. The van der Waals surface area contributed by atoms with Crippen molar-refractivity contribution in [1.29, 1.82) is 0 Å². The van der Waals surface area contributed by atoms with Crippen LogP contribution in [-0.2, 0) is 9.16 Å². The predicted octanol–water partition coefficient (Wildman–Crippen LogP) is 6.27. The number of halogens is 1. The van der Waals surface area contributed by atoms with Crippen molar-refractivity contribution in [3.8, 4) is 0 Å². The van der Waals surface area contributed by atoms with Crippen LogP contribution in [0.5, 0.6) is 0 Å². The van der Waals surface area contributed by atoms with Crippen molar-refractivity contribution in [2.45, 2.75) is 51.1 Å². The molecule has 0 N–H and O–H groups in total. The molecule has 1 aromatic carbocycles. The molecular formula is C19H29BrO2Si. The summed E-state index contributed by atoms with van der Waals surface area (Å²) in [5.41, 5.74) is 1.07. The van der Waals surface area contributed by atoms with Gasteiger partial charge in [-0.25, -0.2) is 0 Å². The molecule has 2 nitrogen and oxygen atoms in total. The Labute approximate surface area is 150 Å². The summed E-state index contributed by atoms with van der Waals surface area (Å²) in [6.45, 7) is 19.5. The number of ether oxygens (including phenoxy) is 1. The maximum absolute atomic E-state index is 6.25. The minimum Gasteiger partial charge on any atom is -0.414 e. The van der Waals surface area contributed by atoms with Gasteiger partial charge in [-0.3, -0.25) is 0 Å². The second kappa shape index (κ2) is 8.43. The highest BCUT2D eigenvalue weighted by atomic mass is 79.9. The molecule has 128 valence electrons. The summed E-state index contributed by atoms with van der Waals surface area (Å²) in [5, 5.41) is 0.183. The van der Waals surface area contributed by atoms with Crippen LogP contribution in [-0.4, -0.2) is 21.0 Å². The fourth-order valence-corrected chi connectivity index (χ4v) is 3.06. The van der Waals surface area contributed by atoms with Crippen molar-refractivity contribution in [1.82, 2.24) is 0 Å². The van der Waals surface area contributed by atoms with Crippen LogP contribution < -0.4 is 0 Å². The maximum Gasteiger partial charge on any atom is 0.192 e. The van der Waals surface area contributed by atoms with Crippen LogP contribution in [0.15, 0.2) is 54.0 Å². The lowest BCUT2D eigenvalue weighted by molar-refractivity contribution is 0.0111. The van der Waals surface area contributed by atoms with Gasteiger partial charge in [0, 0.05) is 4.47 Å². The summed E-state index contributed by atoms with van der Waals surface area (Å²) in [5.74, 6) is 0. The van der Waals surface area contributed by atoms with E-state index >= 15 is 0 Å². The largest absolute Gasteiger partial charge is 0.414 e. The van der Waals surface area contributed by atoms with Gasteiger partial charge in [0.25, 0.3) is 0 Å². The summed E-state index contributed by atoms with van der Waals surface area (Å²) >= 11 is 3.45. The first-order chi connectivity index (χ1) is 10.6. The normalized spacial score (nSPS) is 15.0. The van der Waals surface area contributed by atoms with Crippen molar-refractivity contribution in [2.75, 3.05) is 6.61 Å². The SMILES string of the molecule is C=C[C@H](CO[Si](C)(C)C(C)(C)C)O[C@@H](C=C)c1ccc(Br)cc1. The van der Waals surface area contributed by atoms with Gasteiger partial charge in [0.1, 0.15) is 6.10 Å². The standard InChI is InChI=1S/C19H29BrO2Si/c1-8-17(14-21-23(6,7)19(3,4)5)22-18(9-2)15-10-12-16(20)13-11-15/h8-13,17-18H,1-2,14H2,3-7H3/t17-,18+/m1/s1. The molecule has 0 aromatic heterocycles. The maximum atomic E-state index is 6.25. The molecule has 0 aliphatic heterocycles. The molecule has 4 heteroatoms. The van der Waals surface area contributed by atoms with Crippen molar-refractivity contribution in [3.05, 3.63) is 59.6 Å². The highest BCUT2D eigenvalue weighted by Gasteiger charge is 2.37. The predicted molar refractivity (Wildman–Crippen MR) is 105 cm³/mol. The summed E-state index contributed by atoms with van der Waals surface area (Å²) in [4.78, 5) is 0.